The Kier molecular flexibility index (Phi) is 3.62. The average molecular weight is 276 g/mol. The molecule has 2 rings (SSSR count). The molecule has 0 bridgehead atoms. The summed E-state index contributed by atoms with van der Waals surface area (Å²) in [5.74, 6) is 0. The van der Waals surface area contributed by atoms with Crippen LogP contribution < -0.4 is 5.32 Å². The minimum atomic E-state index is 0.857. The molecule has 0 aromatic heterocycles. The molecule has 0 aliphatic rings. The third-order valence-corrected chi connectivity index (χ3v) is 3.37. The van der Waals surface area contributed by atoms with E-state index < -0.39 is 0 Å². The van der Waals surface area contributed by atoms with Gasteiger partial charge in [0.2, 0.25) is 0 Å². The van der Waals surface area contributed by atoms with Crippen LogP contribution in [0.15, 0.2) is 53.0 Å². The summed E-state index contributed by atoms with van der Waals surface area (Å²) < 4.78 is 1.14. The summed E-state index contributed by atoms with van der Waals surface area (Å²) in [6, 6.07) is 16.7. The molecule has 2 aromatic rings. The van der Waals surface area contributed by atoms with Crippen molar-refractivity contribution in [3.8, 4) is 0 Å². The average Bonchev–Trinajstić information content (AvgIpc) is 2.32. The second kappa shape index (κ2) is 5.17. The van der Waals surface area contributed by atoms with Gasteiger partial charge in [-0.1, -0.05) is 52.3 Å². The Hall–Kier alpha value is -1.28. The number of aryl methyl sites for hydroxylation is 1. The van der Waals surface area contributed by atoms with Crippen molar-refractivity contribution in [1.29, 1.82) is 0 Å². The molecular weight excluding hydrogens is 262 g/mol. The minimum absolute atomic E-state index is 0.857. The molecule has 2 aromatic carbocycles. The molecule has 1 nitrogen and oxygen atoms in total. The number of benzene rings is 2. The zero-order chi connectivity index (χ0) is 11.4. The van der Waals surface area contributed by atoms with Gasteiger partial charge >= 0.3 is 0 Å². The highest BCUT2D eigenvalue weighted by atomic mass is 79.9. The van der Waals surface area contributed by atoms with Gasteiger partial charge in [0.1, 0.15) is 0 Å². The van der Waals surface area contributed by atoms with Gasteiger partial charge in [0.15, 0.2) is 0 Å². The number of hydrogen-bond donors (Lipinski definition) is 1. The lowest BCUT2D eigenvalue weighted by atomic mass is 10.2. The van der Waals surface area contributed by atoms with Gasteiger partial charge in [-0.05, 0) is 30.2 Å². The summed E-state index contributed by atoms with van der Waals surface area (Å²) in [5, 5.41) is 3.40. The van der Waals surface area contributed by atoms with E-state index in [9.17, 15) is 0 Å². The van der Waals surface area contributed by atoms with Crippen molar-refractivity contribution in [2.24, 2.45) is 0 Å². The molecule has 2 heteroatoms. The molecule has 0 aliphatic carbocycles. The molecule has 0 radical (unpaired) electrons. The lowest BCUT2D eigenvalue weighted by Crippen LogP contribution is -1.98. The van der Waals surface area contributed by atoms with Crippen LogP contribution in [0.5, 0.6) is 0 Å². The number of rotatable bonds is 3. The SMILES string of the molecule is Cc1ccc(NCc2ccccc2)cc1Br. The second-order valence-electron chi connectivity index (χ2n) is 3.80. The van der Waals surface area contributed by atoms with Gasteiger partial charge in [0.05, 0.1) is 0 Å². The highest BCUT2D eigenvalue weighted by Gasteiger charge is 1.97. The maximum Gasteiger partial charge on any atom is 0.0400 e. The Labute approximate surface area is 105 Å². The zero-order valence-electron chi connectivity index (χ0n) is 9.20. The molecule has 0 saturated carbocycles. The van der Waals surface area contributed by atoms with Gasteiger partial charge in [-0.25, -0.2) is 0 Å². The normalized spacial score (nSPS) is 10.1. The smallest absolute Gasteiger partial charge is 0.0400 e. The van der Waals surface area contributed by atoms with E-state index in [-0.39, 0.29) is 0 Å². The standard InChI is InChI=1S/C14H14BrN/c1-11-7-8-13(9-14(11)15)16-10-12-5-3-2-4-6-12/h2-9,16H,10H2,1H3. The van der Waals surface area contributed by atoms with Gasteiger partial charge in [0.25, 0.3) is 0 Å². The molecule has 0 atom stereocenters. The number of hydrogen-bond acceptors (Lipinski definition) is 1. The molecule has 0 spiro atoms. The third-order valence-electron chi connectivity index (χ3n) is 2.51. The fraction of sp³-hybridized carbons (Fsp3) is 0.143. The molecule has 82 valence electrons. The summed E-state index contributed by atoms with van der Waals surface area (Å²) in [4.78, 5) is 0. The first-order valence-corrected chi connectivity index (χ1v) is 6.09. The third kappa shape index (κ3) is 2.86. The van der Waals surface area contributed by atoms with Crippen LogP contribution in [0.3, 0.4) is 0 Å². The minimum Gasteiger partial charge on any atom is -0.381 e. The molecule has 0 aliphatic heterocycles. The zero-order valence-corrected chi connectivity index (χ0v) is 10.8. The summed E-state index contributed by atoms with van der Waals surface area (Å²) >= 11 is 3.53. The highest BCUT2D eigenvalue weighted by molar-refractivity contribution is 9.10. The van der Waals surface area contributed by atoms with Gasteiger partial charge in [0, 0.05) is 16.7 Å². The van der Waals surface area contributed by atoms with E-state index in [4.69, 9.17) is 0 Å². The van der Waals surface area contributed by atoms with Crippen LogP contribution in [0.2, 0.25) is 0 Å². The van der Waals surface area contributed by atoms with Crippen LogP contribution in [0, 0.1) is 6.92 Å². The Morgan fingerprint density at radius 2 is 1.81 bits per heavy atom. The van der Waals surface area contributed by atoms with Gasteiger partial charge < -0.3 is 5.32 Å². The molecular formula is C14H14BrN. The van der Waals surface area contributed by atoms with Gasteiger partial charge in [-0.15, -0.1) is 0 Å². The van der Waals surface area contributed by atoms with Crippen molar-refractivity contribution in [1.82, 2.24) is 0 Å². The van der Waals surface area contributed by atoms with E-state index in [0.29, 0.717) is 0 Å². The van der Waals surface area contributed by atoms with Crippen molar-refractivity contribution in [2.45, 2.75) is 13.5 Å². The number of nitrogens with one attached hydrogen (secondary N) is 1. The first-order chi connectivity index (χ1) is 7.75. The predicted octanol–water partition coefficient (Wildman–Crippen LogP) is 4.37. The van der Waals surface area contributed by atoms with E-state index in [1.165, 1.54) is 11.1 Å². The maximum absolute atomic E-state index is 3.53. The fourth-order valence-corrected chi connectivity index (χ4v) is 1.88. The van der Waals surface area contributed by atoms with Crippen LogP contribution in [0.25, 0.3) is 0 Å². The van der Waals surface area contributed by atoms with E-state index in [0.717, 1.165) is 16.7 Å². The van der Waals surface area contributed by atoms with Crippen molar-refractivity contribution in [2.75, 3.05) is 5.32 Å². The summed E-state index contributed by atoms with van der Waals surface area (Å²) in [5.41, 5.74) is 3.69. The highest BCUT2D eigenvalue weighted by Crippen LogP contribution is 2.20. The Morgan fingerprint density at radius 3 is 2.50 bits per heavy atom. The van der Waals surface area contributed by atoms with Crippen LogP contribution in [0.1, 0.15) is 11.1 Å². The predicted molar refractivity (Wildman–Crippen MR) is 72.6 cm³/mol. The first kappa shape index (κ1) is 11.2. The van der Waals surface area contributed by atoms with Crippen LogP contribution in [-0.4, -0.2) is 0 Å². The lowest BCUT2D eigenvalue weighted by molar-refractivity contribution is 1.15. The van der Waals surface area contributed by atoms with E-state index in [1.807, 2.05) is 6.07 Å². The number of anilines is 1. The van der Waals surface area contributed by atoms with E-state index in [2.05, 4.69) is 70.6 Å². The van der Waals surface area contributed by atoms with Crippen molar-refractivity contribution in [3.63, 3.8) is 0 Å². The molecule has 1 N–H and O–H groups in total. The summed E-state index contributed by atoms with van der Waals surface area (Å²) in [7, 11) is 0. The van der Waals surface area contributed by atoms with E-state index >= 15 is 0 Å². The number of halogens is 1. The van der Waals surface area contributed by atoms with Crippen molar-refractivity contribution >= 4 is 21.6 Å². The van der Waals surface area contributed by atoms with Crippen LogP contribution in [-0.2, 0) is 6.54 Å². The summed E-state index contributed by atoms with van der Waals surface area (Å²) in [6.45, 7) is 2.95. The van der Waals surface area contributed by atoms with Gasteiger partial charge in [-0.2, -0.15) is 0 Å². The topological polar surface area (TPSA) is 12.0 Å². The van der Waals surface area contributed by atoms with Crippen molar-refractivity contribution < 1.29 is 0 Å². The maximum atomic E-state index is 3.53. The largest absolute Gasteiger partial charge is 0.381 e. The Balaban J connectivity index is 2.03. The lowest BCUT2D eigenvalue weighted by Gasteiger charge is -2.08. The quantitative estimate of drug-likeness (QED) is 0.877. The molecule has 0 saturated heterocycles. The second-order valence-corrected chi connectivity index (χ2v) is 4.66. The fourth-order valence-electron chi connectivity index (χ4n) is 1.50. The van der Waals surface area contributed by atoms with Crippen molar-refractivity contribution in [3.05, 3.63) is 64.1 Å². The molecule has 16 heavy (non-hydrogen) atoms. The van der Waals surface area contributed by atoms with Crippen LogP contribution >= 0.6 is 15.9 Å². The summed E-state index contributed by atoms with van der Waals surface area (Å²) in [6.07, 6.45) is 0. The Bertz CT molecular complexity index is 465. The van der Waals surface area contributed by atoms with E-state index in [1.54, 1.807) is 0 Å². The molecule has 0 unspecified atom stereocenters. The molecule has 0 amide bonds. The Morgan fingerprint density at radius 1 is 1.06 bits per heavy atom. The first-order valence-electron chi connectivity index (χ1n) is 5.29. The molecule has 0 fully saturated rings. The monoisotopic (exact) mass is 275 g/mol. The van der Waals surface area contributed by atoms with Gasteiger partial charge in [-0.3, -0.25) is 0 Å². The van der Waals surface area contributed by atoms with Crippen LogP contribution in [0.4, 0.5) is 5.69 Å². The molecule has 0 heterocycles.